The van der Waals surface area contributed by atoms with Crippen LogP contribution in [0, 0.1) is 0 Å². The average Bonchev–Trinajstić information content (AvgIpc) is 3.40. The summed E-state index contributed by atoms with van der Waals surface area (Å²) in [5.74, 6) is -0.389. The Morgan fingerprint density at radius 3 is 0.932 bits per heavy atom. The predicted octanol–water partition coefficient (Wildman–Crippen LogP) is 22.8. The zero-order valence-electron chi connectivity index (χ0n) is 49.9. The lowest BCUT2D eigenvalue weighted by molar-refractivity contribution is -0.163. The van der Waals surface area contributed by atoms with E-state index in [4.69, 9.17) is 14.2 Å². The van der Waals surface area contributed by atoms with Crippen LogP contribution in [0.5, 0.6) is 0 Å². The van der Waals surface area contributed by atoms with Gasteiger partial charge in [-0.15, -0.1) is 0 Å². The van der Waals surface area contributed by atoms with E-state index in [-0.39, 0.29) is 25.2 Å². The van der Waals surface area contributed by atoms with Crippen molar-refractivity contribution in [1.29, 1.82) is 0 Å². The lowest BCUT2D eigenvalue weighted by atomic mass is 10.1. The molecule has 0 radical (unpaired) electrons. The van der Waals surface area contributed by atoms with E-state index < -0.39 is 6.10 Å². The molecule has 1 atom stereocenters. The van der Waals surface area contributed by atoms with Gasteiger partial charge >= 0.3 is 11.9 Å². The Morgan fingerprint density at radius 2 is 0.568 bits per heavy atom. The standard InChI is InChI=1S/C69H126O5/c1-4-7-10-13-16-19-22-25-28-31-34-37-40-43-46-49-52-55-58-61-64-72-65-67(74-69(71)63-60-57-54-51-48-45-42-39-36-33-30-27-24-21-18-15-12-9-6-3)66-73-68(70)62-59-56-53-50-47-44-41-38-35-32-29-26-23-20-17-14-11-8-5-2/h16-17,19-20,25-30,67H,4-15,18,21-24,31-66H2,1-3H3/b19-16-,20-17-,28-25-,29-26-,30-27-. The number of unbranched alkanes of at least 4 members (excludes halogenated alkanes) is 40. The first-order valence-corrected chi connectivity index (χ1v) is 32.8. The molecule has 0 heterocycles. The van der Waals surface area contributed by atoms with E-state index in [0.717, 1.165) is 51.4 Å². The maximum atomic E-state index is 12.9. The quantitative estimate of drug-likeness (QED) is 0.0345. The molecule has 0 spiro atoms. The first kappa shape index (κ1) is 71.6. The second-order valence-electron chi connectivity index (χ2n) is 22.0. The van der Waals surface area contributed by atoms with E-state index in [2.05, 4.69) is 81.5 Å². The minimum absolute atomic E-state index is 0.0829. The summed E-state index contributed by atoms with van der Waals surface area (Å²) in [7, 11) is 0. The van der Waals surface area contributed by atoms with Crippen LogP contribution in [0.2, 0.25) is 0 Å². The van der Waals surface area contributed by atoms with Crippen LogP contribution in [0.4, 0.5) is 0 Å². The first-order chi connectivity index (χ1) is 36.6. The molecule has 0 fully saturated rings. The van der Waals surface area contributed by atoms with E-state index in [9.17, 15) is 9.59 Å². The van der Waals surface area contributed by atoms with Crippen LogP contribution in [0.25, 0.3) is 0 Å². The Morgan fingerprint density at radius 1 is 0.297 bits per heavy atom. The van der Waals surface area contributed by atoms with E-state index in [1.165, 1.54) is 257 Å². The summed E-state index contributed by atoms with van der Waals surface area (Å²) in [4.78, 5) is 25.7. The van der Waals surface area contributed by atoms with E-state index >= 15 is 0 Å². The van der Waals surface area contributed by atoms with Gasteiger partial charge in [0.05, 0.1) is 6.61 Å². The molecular weight excluding hydrogens is 909 g/mol. The minimum atomic E-state index is -0.543. The number of hydrogen-bond acceptors (Lipinski definition) is 5. The smallest absolute Gasteiger partial charge is 0.306 e. The number of hydrogen-bond donors (Lipinski definition) is 0. The van der Waals surface area contributed by atoms with Gasteiger partial charge in [-0.05, 0) is 109 Å². The number of allylic oxidation sites excluding steroid dienone is 10. The van der Waals surface area contributed by atoms with Gasteiger partial charge < -0.3 is 14.2 Å². The molecule has 0 aromatic carbocycles. The molecule has 0 bridgehead atoms. The number of ether oxygens (including phenoxy) is 3. The third-order valence-corrected chi connectivity index (χ3v) is 14.5. The van der Waals surface area contributed by atoms with E-state index in [1.807, 2.05) is 0 Å². The Labute approximate surface area is 462 Å². The lowest BCUT2D eigenvalue weighted by Gasteiger charge is -2.18. The molecule has 74 heavy (non-hydrogen) atoms. The number of esters is 2. The zero-order valence-corrected chi connectivity index (χ0v) is 49.9. The molecule has 0 amide bonds. The Balaban J connectivity index is 4.27. The fourth-order valence-electron chi connectivity index (χ4n) is 9.57. The van der Waals surface area contributed by atoms with Crippen LogP contribution in [0.1, 0.15) is 342 Å². The van der Waals surface area contributed by atoms with Crippen LogP contribution in [0.3, 0.4) is 0 Å². The molecule has 0 aliphatic heterocycles. The molecular formula is C69H126O5. The van der Waals surface area contributed by atoms with Gasteiger partial charge in [0.1, 0.15) is 6.61 Å². The number of carbonyl (C=O) groups excluding carboxylic acids is 2. The molecule has 0 saturated heterocycles. The van der Waals surface area contributed by atoms with Crippen LogP contribution >= 0.6 is 0 Å². The molecule has 5 nitrogen and oxygen atoms in total. The molecule has 0 saturated carbocycles. The van der Waals surface area contributed by atoms with Crippen molar-refractivity contribution in [2.75, 3.05) is 19.8 Å². The molecule has 5 heteroatoms. The second kappa shape index (κ2) is 64.9. The van der Waals surface area contributed by atoms with Crippen molar-refractivity contribution in [1.82, 2.24) is 0 Å². The molecule has 0 aliphatic rings. The largest absolute Gasteiger partial charge is 0.462 e. The number of carbonyl (C=O) groups is 2. The van der Waals surface area contributed by atoms with Crippen molar-refractivity contribution in [3.63, 3.8) is 0 Å². The SMILES string of the molecule is CCCCC/C=C\C/C=C\CCCCCCCCCCCCOCC(COC(=O)CCCCCCCCCCC/C=C\C/C=C\CCCCC)OC(=O)CCCCCCCCCCC/C=C\CCCCCCCC. The third-order valence-electron chi connectivity index (χ3n) is 14.5. The van der Waals surface area contributed by atoms with Crippen LogP contribution < -0.4 is 0 Å². The van der Waals surface area contributed by atoms with Gasteiger partial charge in [0.2, 0.25) is 0 Å². The summed E-state index contributed by atoms with van der Waals surface area (Å²) in [6.45, 7) is 7.82. The molecule has 0 aromatic heterocycles. The van der Waals surface area contributed by atoms with Gasteiger partial charge in [-0.1, -0.05) is 281 Å². The van der Waals surface area contributed by atoms with Gasteiger partial charge in [0.25, 0.3) is 0 Å². The number of rotatable bonds is 61. The van der Waals surface area contributed by atoms with Gasteiger partial charge in [-0.25, -0.2) is 0 Å². The maximum absolute atomic E-state index is 12.9. The first-order valence-electron chi connectivity index (χ1n) is 32.8. The topological polar surface area (TPSA) is 61.8 Å². The fraction of sp³-hybridized carbons (Fsp3) is 0.826. The minimum Gasteiger partial charge on any atom is -0.462 e. The van der Waals surface area contributed by atoms with Crippen LogP contribution in [0.15, 0.2) is 60.8 Å². The summed E-state index contributed by atoms with van der Waals surface area (Å²) >= 11 is 0. The Hall–Kier alpha value is -2.40. The highest BCUT2D eigenvalue weighted by Gasteiger charge is 2.18. The average molecular weight is 1040 g/mol. The van der Waals surface area contributed by atoms with Gasteiger partial charge in [-0.3, -0.25) is 9.59 Å². The third kappa shape index (κ3) is 62.1. The molecule has 0 aromatic rings. The summed E-state index contributed by atoms with van der Waals surface area (Å²) in [5.41, 5.74) is 0. The predicted molar refractivity (Wildman–Crippen MR) is 325 cm³/mol. The summed E-state index contributed by atoms with van der Waals surface area (Å²) in [6.07, 6.45) is 84.0. The second-order valence-corrected chi connectivity index (χ2v) is 22.0. The Kier molecular flexibility index (Phi) is 62.8. The summed E-state index contributed by atoms with van der Waals surface area (Å²) in [5, 5.41) is 0. The van der Waals surface area contributed by atoms with E-state index in [0.29, 0.717) is 19.4 Å². The molecule has 1 unspecified atom stereocenters. The monoisotopic (exact) mass is 1030 g/mol. The Bertz CT molecular complexity index is 1260. The summed E-state index contributed by atoms with van der Waals surface area (Å²) in [6, 6.07) is 0. The van der Waals surface area contributed by atoms with Crippen molar-refractivity contribution in [3.8, 4) is 0 Å². The molecule has 0 aliphatic carbocycles. The van der Waals surface area contributed by atoms with Crippen LogP contribution in [-0.4, -0.2) is 37.9 Å². The highest BCUT2D eigenvalue weighted by Crippen LogP contribution is 2.16. The van der Waals surface area contributed by atoms with Crippen molar-refractivity contribution < 1.29 is 23.8 Å². The van der Waals surface area contributed by atoms with Gasteiger partial charge in [-0.2, -0.15) is 0 Å². The maximum Gasteiger partial charge on any atom is 0.306 e. The van der Waals surface area contributed by atoms with Crippen molar-refractivity contribution in [2.45, 2.75) is 348 Å². The van der Waals surface area contributed by atoms with Crippen molar-refractivity contribution in [2.24, 2.45) is 0 Å². The van der Waals surface area contributed by atoms with Crippen molar-refractivity contribution >= 4 is 11.9 Å². The molecule has 432 valence electrons. The summed E-state index contributed by atoms with van der Waals surface area (Å²) < 4.78 is 17.6. The molecule has 0 N–H and O–H groups in total. The molecule has 0 rings (SSSR count). The lowest BCUT2D eigenvalue weighted by Crippen LogP contribution is -2.30. The highest BCUT2D eigenvalue weighted by molar-refractivity contribution is 5.70. The van der Waals surface area contributed by atoms with E-state index in [1.54, 1.807) is 0 Å². The highest BCUT2D eigenvalue weighted by atomic mass is 16.6. The van der Waals surface area contributed by atoms with Gasteiger partial charge in [0.15, 0.2) is 6.10 Å². The normalized spacial score (nSPS) is 12.5. The van der Waals surface area contributed by atoms with Gasteiger partial charge in [0, 0.05) is 19.4 Å². The fourth-order valence-corrected chi connectivity index (χ4v) is 9.57. The zero-order chi connectivity index (χ0) is 53.4. The van der Waals surface area contributed by atoms with Crippen molar-refractivity contribution in [3.05, 3.63) is 60.8 Å². The van der Waals surface area contributed by atoms with Crippen LogP contribution in [-0.2, 0) is 23.8 Å².